The largest absolute Gasteiger partial charge is 0.465 e. The third kappa shape index (κ3) is 3.64. The maximum absolute atomic E-state index is 13.7. The summed E-state index contributed by atoms with van der Waals surface area (Å²) in [6.07, 6.45) is 4.53. The van der Waals surface area contributed by atoms with Gasteiger partial charge in [0.1, 0.15) is 5.76 Å². The van der Waals surface area contributed by atoms with Crippen LogP contribution in [0.1, 0.15) is 5.76 Å². The van der Waals surface area contributed by atoms with Crippen LogP contribution in [-0.4, -0.2) is 11.9 Å². The minimum absolute atomic E-state index is 0.0434. The lowest BCUT2D eigenvalue weighted by atomic mass is 10.3. The zero-order chi connectivity index (χ0) is 16.8. The molecule has 0 saturated carbocycles. The molecule has 0 unspecified atom stereocenters. The average Bonchev–Trinajstić information content (AvgIpc) is 3.15. The zero-order valence-corrected chi connectivity index (χ0v) is 13.9. The van der Waals surface area contributed by atoms with E-state index in [1.807, 2.05) is 60.7 Å². The van der Waals surface area contributed by atoms with Crippen molar-refractivity contribution in [1.29, 1.82) is 0 Å². The van der Waals surface area contributed by atoms with E-state index in [1.54, 1.807) is 24.5 Å². The summed E-state index contributed by atoms with van der Waals surface area (Å²) in [5.41, 5.74) is 0. The second-order valence-electron chi connectivity index (χ2n) is 5.38. The Hall–Kier alpha value is -2.64. The van der Waals surface area contributed by atoms with Crippen LogP contribution in [0.3, 0.4) is 0 Å². The number of ketones is 1. The quantitative estimate of drug-likeness (QED) is 0.507. The Balaban J connectivity index is 1.91. The summed E-state index contributed by atoms with van der Waals surface area (Å²) >= 11 is 0. The van der Waals surface area contributed by atoms with Gasteiger partial charge in [0.2, 0.25) is 0 Å². The monoisotopic (exact) mass is 336 g/mol. The highest BCUT2D eigenvalue weighted by atomic mass is 31.2. The summed E-state index contributed by atoms with van der Waals surface area (Å²) in [6, 6.07) is 21.9. The Morgan fingerprint density at radius 1 is 0.875 bits per heavy atom. The molecule has 3 rings (SSSR count). The maximum atomic E-state index is 13.7. The van der Waals surface area contributed by atoms with Crippen LogP contribution in [0.25, 0.3) is 6.08 Å². The molecule has 0 spiro atoms. The van der Waals surface area contributed by atoms with Crippen molar-refractivity contribution >= 4 is 29.6 Å². The van der Waals surface area contributed by atoms with Crippen molar-refractivity contribution in [1.82, 2.24) is 0 Å². The highest BCUT2D eigenvalue weighted by Crippen LogP contribution is 2.43. The van der Waals surface area contributed by atoms with Crippen molar-refractivity contribution in [2.24, 2.45) is 0 Å². The van der Waals surface area contributed by atoms with Gasteiger partial charge in [-0.3, -0.25) is 4.79 Å². The van der Waals surface area contributed by atoms with E-state index in [9.17, 15) is 9.36 Å². The standard InChI is InChI=1S/C20H17O3P/c21-17(13-14-18-8-7-15-23-18)16-24(22,19-9-3-1-4-10-19)20-11-5-2-6-12-20/h1-15H,16H2/b14-13+. The second kappa shape index (κ2) is 7.29. The minimum atomic E-state index is -3.02. The van der Waals surface area contributed by atoms with Gasteiger partial charge in [-0.2, -0.15) is 0 Å². The van der Waals surface area contributed by atoms with Gasteiger partial charge < -0.3 is 8.98 Å². The Morgan fingerprint density at radius 2 is 1.46 bits per heavy atom. The van der Waals surface area contributed by atoms with E-state index in [0.717, 1.165) is 0 Å². The van der Waals surface area contributed by atoms with Gasteiger partial charge in [-0.15, -0.1) is 0 Å². The van der Waals surface area contributed by atoms with Crippen molar-refractivity contribution in [3.05, 3.63) is 90.9 Å². The molecule has 0 aliphatic rings. The van der Waals surface area contributed by atoms with Crippen LogP contribution in [0.15, 0.2) is 89.6 Å². The van der Waals surface area contributed by atoms with Crippen molar-refractivity contribution in [3.8, 4) is 0 Å². The number of rotatable bonds is 6. The molecule has 4 heteroatoms. The molecular formula is C20H17O3P. The number of allylic oxidation sites excluding steroid dienone is 1. The van der Waals surface area contributed by atoms with Gasteiger partial charge in [0.25, 0.3) is 0 Å². The molecule has 0 aliphatic heterocycles. The third-order valence-corrected chi connectivity index (χ3v) is 6.72. The molecule has 0 N–H and O–H groups in total. The molecule has 2 aromatic carbocycles. The minimum Gasteiger partial charge on any atom is -0.465 e. The summed E-state index contributed by atoms with van der Waals surface area (Å²) in [4.78, 5) is 12.4. The fourth-order valence-electron chi connectivity index (χ4n) is 2.50. The first-order valence-corrected chi connectivity index (χ1v) is 9.52. The van der Waals surface area contributed by atoms with Crippen molar-refractivity contribution in [2.45, 2.75) is 0 Å². The molecule has 0 saturated heterocycles. The first-order chi connectivity index (χ1) is 11.7. The normalized spacial score (nSPS) is 11.7. The number of carbonyl (C=O) groups excluding carboxylic acids is 1. The van der Waals surface area contributed by atoms with Crippen LogP contribution in [-0.2, 0) is 9.36 Å². The number of furan rings is 1. The number of carbonyl (C=O) groups is 1. The molecule has 1 aromatic heterocycles. The zero-order valence-electron chi connectivity index (χ0n) is 13.0. The summed E-state index contributed by atoms with van der Waals surface area (Å²) in [6.45, 7) is 0. The van der Waals surface area contributed by atoms with Gasteiger partial charge in [-0.25, -0.2) is 0 Å². The van der Waals surface area contributed by atoms with Crippen molar-refractivity contribution < 1.29 is 13.8 Å². The molecule has 0 amide bonds. The highest BCUT2D eigenvalue weighted by molar-refractivity contribution is 7.79. The van der Waals surface area contributed by atoms with E-state index in [-0.39, 0.29) is 11.9 Å². The lowest BCUT2D eigenvalue weighted by molar-refractivity contribution is -0.112. The van der Waals surface area contributed by atoms with Crippen LogP contribution < -0.4 is 10.6 Å². The molecule has 3 nitrogen and oxygen atoms in total. The molecular weight excluding hydrogens is 319 g/mol. The number of hydrogen-bond acceptors (Lipinski definition) is 3. The summed E-state index contributed by atoms with van der Waals surface area (Å²) in [5, 5.41) is 1.38. The maximum Gasteiger partial charge on any atom is 0.163 e. The van der Waals surface area contributed by atoms with Crippen LogP contribution in [0.2, 0.25) is 0 Å². The third-order valence-electron chi connectivity index (χ3n) is 3.70. The van der Waals surface area contributed by atoms with E-state index in [2.05, 4.69) is 0 Å². The molecule has 0 atom stereocenters. The predicted molar refractivity (Wildman–Crippen MR) is 97.4 cm³/mol. The SMILES string of the molecule is O=C(/C=C/c1ccco1)CP(=O)(c1ccccc1)c1ccccc1. The van der Waals surface area contributed by atoms with Crippen LogP contribution in [0.4, 0.5) is 0 Å². The summed E-state index contributed by atoms with van der Waals surface area (Å²) in [5.74, 6) is 0.403. The molecule has 120 valence electrons. The van der Waals surface area contributed by atoms with Crippen LogP contribution in [0, 0.1) is 0 Å². The molecule has 1 heterocycles. The first kappa shape index (κ1) is 16.2. The molecule has 24 heavy (non-hydrogen) atoms. The number of benzene rings is 2. The van der Waals surface area contributed by atoms with Gasteiger partial charge in [0.05, 0.1) is 12.4 Å². The topological polar surface area (TPSA) is 47.3 Å². The van der Waals surface area contributed by atoms with Crippen LogP contribution in [0.5, 0.6) is 0 Å². The van der Waals surface area contributed by atoms with Crippen molar-refractivity contribution in [2.75, 3.05) is 6.16 Å². The van der Waals surface area contributed by atoms with Crippen molar-refractivity contribution in [3.63, 3.8) is 0 Å². The Bertz CT molecular complexity index is 822. The smallest absolute Gasteiger partial charge is 0.163 e. The van der Waals surface area contributed by atoms with Gasteiger partial charge >= 0.3 is 0 Å². The Morgan fingerprint density at radius 3 is 1.96 bits per heavy atom. The van der Waals surface area contributed by atoms with E-state index in [0.29, 0.717) is 16.4 Å². The second-order valence-corrected chi connectivity index (χ2v) is 8.21. The number of hydrogen-bond donors (Lipinski definition) is 0. The fraction of sp³-hybridized carbons (Fsp3) is 0.0500. The lowest BCUT2D eigenvalue weighted by Crippen LogP contribution is -2.21. The first-order valence-electron chi connectivity index (χ1n) is 7.63. The van der Waals surface area contributed by atoms with E-state index in [4.69, 9.17) is 4.42 Å². The summed E-state index contributed by atoms with van der Waals surface area (Å²) in [7, 11) is -3.02. The molecule has 0 aliphatic carbocycles. The lowest BCUT2D eigenvalue weighted by Gasteiger charge is -2.18. The summed E-state index contributed by atoms with van der Waals surface area (Å²) < 4.78 is 18.9. The van der Waals surface area contributed by atoms with Crippen LogP contribution >= 0.6 is 7.14 Å². The van der Waals surface area contributed by atoms with Gasteiger partial charge in [-0.1, -0.05) is 60.7 Å². The molecule has 0 fully saturated rings. The molecule has 3 aromatic rings. The van der Waals surface area contributed by atoms with E-state index < -0.39 is 7.14 Å². The Kier molecular flexibility index (Phi) is 4.93. The van der Waals surface area contributed by atoms with E-state index in [1.165, 1.54) is 6.08 Å². The van der Waals surface area contributed by atoms with Gasteiger partial charge in [0.15, 0.2) is 12.9 Å². The predicted octanol–water partition coefficient (Wildman–Crippen LogP) is 3.88. The Labute approximate surface area is 141 Å². The van der Waals surface area contributed by atoms with Gasteiger partial charge in [0, 0.05) is 10.6 Å². The fourth-order valence-corrected chi connectivity index (χ4v) is 5.02. The average molecular weight is 336 g/mol. The molecule has 0 bridgehead atoms. The van der Waals surface area contributed by atoms with E-state index >= 15 is 0 Å². The molecule has 0 radical (unpaired) electrons. The van der Waals surface area contributed by atoms with Gasteiger partial charge in [-0.05, 0) is 24.3 Å². The highest BCUT2D eigenvalue weighted by Gasteiger charge is 2.29.